The van der Waals surface area contributed by atoms with Crippen LogP contribution in [0.3, 0.4) is 0 Å². The quantitative estimate of drug-likeness (QED) is 0.635. The fourth-order valence-corrected chi connectivity index (χ4v) is 2.46. The van der Waals surface area contributed by atoms with Crippen LogP contribution in [0.2, 0.25) is 0 Å². The van der Waals surface area contributed by atoms with Crippen molar-refractivity contribution in [2.75, 3.05) is 0 Å². The van der Waals surface area contributed by atoms with E-state index in [1.165, 1.54) is 27.8 Å². The normalized spacial score (nSPS) is 11.6. The Morgan fingerprint density at radius 3 is 1.72 bits per heavy atom. The lowest BCUT2D eigenvalue weighted by Gasteiger charge is -2.22. The third-order valence-electron chi connectivity index (χ3n) is 3.46. The van der Waals surface area contributed by atoms with Crippen LogP contribution in [-0.2, 0) is 5.41 Å². The van der Waals surface area contributed by atoms with Crippen LogP contribution in [0.1, 0.15) is 37.5 Å². The summed E-state index contributed by atoms with van der Waals surface area (Å²) in [5.41, 5.74) is 7.05. The Kier molecular flexibility index (Phi) is 3.30. The van der Waals surface area contributed by atoms with Gasteiger partial charge in [-0.25, -0.2) is 0 Å². The maximum absolute atomic E-state index is 2.33. The molecule has 2 aromatic rings. The zero-order valence-corrected chi connectivity index (χ0v) is 12.0. The molecule has 0 atom stereocenters. The minimum atomic E-state index is 0.213. The SMILES string of the molecule is Cc1cc(C(C)(C)C)cc(C)c1-c1ccccc1. The van der Waals surface area contributed by atoms with Crippen LogP contribution in [0.4, 0.5) is 0 Å². The lowest BCUT2D eigenvalue weighted by molar-refractivity contribution is 0.589. The molecule has 0 heterocycles. The molecule has 0 nitrogen and oxygen atoms in total. The molecule has 0 spiro atoms. The smallest absolute Gasteiger partial charge is 0.0125 e. The number of aryl methyl sites for hydroxylation is 2. The molecule has 0 heteroatoms. The van der Waals surface area contributed by atoms with Gasteiger partial charge in [-0.2, -0.15) is 0 Å². The van der Waals surface area contributed by atoms with Crippen molar-refractivity contribution in [2.45, 2.75) is 40.0 Å². The molecule has 0 saturated carbocycles. The lowest BCUT2D eigenvalue weighted by atomic mass is 9.83. The Bertz CT molecular complexity index is 519. The van der Waals surface area contributed by atoms with E-state index in [1.54, 1.807) is 0 Å². The highest BCUT2D eigenvalue weighted by Crippen LogP contribution is 2.32. The first-order chi connectivity index (χ1) is 8.39. The van der Waals surface area contributed by atoms with Crippen LogP contribution in [-0.4, -0.2) is 0 Å². The van der Waals surface area contributed by atoms with Gasteiger partial charge in [0.25, 0.3) is 0 Å². The van der Waals surface area contributed by atoms with E-state index in [9.17, 15) is 0 Å². The van der Waals surface area contributed by atoms with Crippen molar-refractivity contribution >= 4 is 0 Å². The second-order valence-electron chi connectivity index (χ2n) is 6.10. The first-order valence-corrected chi connectivity index (χ1v) is 6.57. The van der Waals surface area contributed by atoms with Crippen molar-refractivity contribution < 1.29 is 0 Å². The first kappa shape index (κ1) is 12.9. The van der Waals surface area contributed by atoms with Gasteiger partial charge in [0.2, 0.25) is 0 Å². The Morgan fingerprint density at radius 2 is 1.28 bits per heavy atom. The van der Waals surface area contributed by atoms with E-state index in [0.29, 0.717) is 0 Å². The monoisotopic (exact) mass is 238 g/mol. The number of hydrogen-bond donors (Lipinski definition) is 0. The third-order valence-corrected chi connectivity index (χ3v) is 3.46. The summed E-state index contributed by atoms with van der Waals surface area (Å²) in [7, 11) is 0. The molecule has 0 aliphatic rings. The predicted octanol–water partition coefficient (Wildman–Crippen LogP) is 5.27. The van der Waals surface area contributed by atoms with Crippen LogP contribution in [0.25, 0.3) is 11.1 Å². The second kappa shape index (κ2) is 4.61. The summed E-state index contributed by atoms with van der Waals surface area (Å²) in [5.74, 6) is 0. The van der Waals surface area contributed by atoms with Crippen LogP contribution in [0, 0.1) is 13.8 Å². The second-order valence-corrected chi connectivity index (χ2v) is 6.10. The summed E-state index contributed by atoms with van der Waals surface area (Å²) in [5, 5.41) is 0. The van der Waals surface area contributed by atoms with Gasteiger partial charge in [-0.1, -0.05) is 63.2 Å². The molecule has 0 aliphatic carbocycles. The van der Waals surface area contributed by atoms with E-state index < -0.39 is 0 Å². The van der Waals surface area contributed by atoms with E-state index in [2.05, 4.69) is 77.1 Å². The summed E-state index contributed by atoms with van der Waals surface area (Å²) in [6.45, 7) is 11.2. The van der Waals surface area contributed by atoms with E-state index in [1.807, 2.05) is 0 Å². The zero-order valence-electron chi connectivity index (χ0n) is 12.0. The number of benzene rings is 2. The number of rotatable bonds is 1. The fourth-order valence-electron chi connectivity index (χ4n) is 2.46. The molecule has 0 unspecified atom stereocenters. The Labute approximate surface area is 111 Å². The van der Waals surface area contributed by atoms with Crippen LogP contribution >= 0.6 is 0 Å². The zero-order chi connectivity index (χ0) is 13.3. The van der Waals surface area contributed by atoms with Gasteiger partial charge >= 0.3 is 0 Å². The maximum Gasteiger partial charge on any atom is -0.0125 e. The predicted molar refractivity (Wildman–Crippen MR) is 80.1 cm³/mol. The third kappa shape index (κ3) is 2.48. The van der Waals surface area contributed by atoms with Gasteiger partial charge in [-0.05, 0) is 47.1 Å². The largest absolute Gasteiger partial charge is 0.0622 e. The van der Waals surface area contributed by atoms with E-state index in [0.717, 1.165) is 0 Å². The average molecular weight is 238 g/mol. The Hall–Kier alpha value is -1.56. The Balaban J connectivity index is 2.59. The molecule has 0 fully saturated rings. The lowest BCUT2D eigenvalue weighted by Crippen LogP contribution is -2.12. The van der Waals surface area contributed by atoms with Crippen LogP contribution in [0.15, 0.2) is 42.5 Å². The van der Waals surface area contributed by atoms with Crippen molar-refractivity contribution in [3.63, 3.8) is 0 Å². The summed E-state index contributed by atoms with van der Waals surface area (Å²) < 4.78 is 0. The van der Waals surface area contributed by atoms with Crippen molar-refractivity contribution in [2.24, 2.45) is 0 Å². The number of hydrogen-bond acceptors (Lipinski definition) is 0. The fraction of sp³-hybridized carbons (Fsp3) is 0.333. The Morgan fingerprint density at radius 1 is 0.778 bits per heavy atom. The van der Waals surface area contributed by atoms with Crippen LogP contribution < -0.4 is 0 Å². The van der Waals surface area contributed by atoms with Crippen molar-refractivity contribution in [1.82, 2.24) is 0 Å². The molecule has 0 bridgehead atoms. The highest BCUT2D eigenvalue weighted by Gasteiger charge is 2.16. The molecular weight excluding hydrogens is 216 g/mol. The van der Waals surface area contributed by atoms with Crippen molar-refractivity contribution in [1.29, 1.82) is 0 Å². The molecule has 2 rings (SSSR count). The van der Waals surface area contributed by atoms with Gasteiger partial charge in [-0.3, -0.25) is 0 Å². The minimum Gasteiger partial charge on any atom is -0.0622 e. The van der Waals surface area contributed by atoms with Gasteiger partial charge in [0.05, 0.1) is 0 Å². The summed E-state index contributed by atoms with van der Waals surface area (Å²) in [6, 6.07) is 15.3. The summed E-state index contributed by atoms with van der Waals surface area (Å²) in [4.78, 5) is 0. The molecule has 0 N–H and O–H groups in total. The molecule has 0 aliphatic heterocycles. The highest BCUT2D eigenvalue weighted by molar-refractivity contribution is 5.71. The summed E-state index contributed by atoms with van der Waals surface area (Å²) in [6.07, 6.45) is 0. The molecule has 0 radical (unpaired) electrons. The maximum atomic E-state index is 2.33. The topological polar surface area (TPSA) is 0 Å². The van der Waals surface area contributed by atoms with Gasteiger partial charge in [-0.15, -0.1) is 0 Å². The average Bonchev–Trinajstić information content (AvgIpc) is 2.28. The highest BCUT2D eigenvalue weighted by atomic mass is 14.2. The molecular formula is C18H22. The van der Waals surface area contributed by atoms with Gasteiger partial charge in [0.1, 0.15) is 0 Å². The van der Waals surface area contributed by atoms with Gasteiger partial charge in [0, 0.05) is 0 Å². The molecule has 2 aromatic carbocycles. The van der Waals surface area contributed by atoms with Crippen molar-refractivity contribution in [3.8, 4) is 11.1 Å². The van der Waals surface area contributed by atoms with E-state index >= 15 is 0 Å². The minimum absolute atomic E-state index is 0.213. The molecule has 0 saturated heterocycles. The molecule has 94 valence electrons. The van der Waals surface area contributed by atoms with Crippen molar-refractivity contribution in [3.05, 3.63) is 59.2 Å². The van der Waals surface area contributed by atoms with E-state index in [-0.39, 0.29) is 5.41 Å². The standard InChI is InChI=1S/C18H22/c1-13-11-16(18(3,4)5)12-14(2)17(13)15-9-7-6-8-10-15/h6-12H,1-5H3. The van der Waals surface area contributed by atoms with Gasteiger partial charge < -0.3 is 0 Å². The molecule has 0 aromatic heterocycles. The molecule has 18 heavy (non-hydrogen) atoms. The summed E-state index contributed by atoms with van der Waals surface area (Å²) >= 11 is 0. The first-order valence-electron chi connectivity index (χ1n) is 6.57. The molecule has 0 amide bonds. The van der Waals surface area contributed by atoms with Crippen LogP contribution in [0.5, 0.6) is 0 Å². The van der Waals surface area contributed by atoms with E-state index in [4.69, 9.17) is 0 Å². The van der Waals surface area contributed by atoms with Gasteiger partial charge in [0.15, 0.2) is 0 Å².